The Morgan fingerprint density at radius 1 is 1.48 bits per heavy atom. The molecule has 0 fully saturated rings. The van der Waals surface area contributed by atoms with Crippen molar-refractivity contribution in [1.29, 1.82) is 0 Å². The monoisotopic (exact) mass is 314 g/mol. The summed E-state index contributed by atoms with van der Waals surface area (Å²) in [6.07, 6.45) is 0.971. The topological polar surface area (TPSA) is 105 Å². The average molecular weight is 315 g/mol. The molecule has 1 aromatic heterocycles. The summed E-state index contributed by atoms with van der Waals surface area (Å²) in [6.45, 7) is 4.01. The Kier molecular flexibility index (Phi) is 6.04. The summed E-state index contributed by atoms with van der Waals surface area (Å²) < 4.78 is 0. The maximum atomic E-state index is 12.3. The van der Waals surface area contributed by atoms with E-state index in [2.05, 4.69) is 10.3 Å². The lowest BCUT2D eigenvalue weighted by Crippen LogP contribution is -2.40. The zero-order valence-electron chi connectivity index (χ0n) is 11.6. The Labute approximate surface area is 126 Å². The van der Waals surface area contributed by atoms with Crippen LogP contribution in [0.25, 0.3) is 0 Å². The first-order valence-corrected chi connectivity index (χ1v) is 6.64. The highest BCUT2D eigenvalue weighted by Crippen LogP contribution is 2.20. The van der Waals surface area contributed by atoms with Crippen molar-refractivity contribution < 1.29 is 14.5 Å². The van der Waals surface area contributed by atoms with Crippen LogP contribution in [0.5, 0.6) is 0 Å². The van der Waals surface area contributed by atoms with Crippen molar-refractivity contribution in [3.63, 3.8) is 0 Å². The van der Waals surface area contributed by atoms with E-state index in [9.17, 15) is 19.7 Å². The number of amides is 2. The van der Waals surface area contributed by atoms with Crippen molar-refractivity contribution in [1.82, 2.24) is 15.2 Å². The fourth-order valence-electron chi connectivity index (χ4n) is 1.61. The fraction of sp³-hybridized carbons (Fsp3) is 0.417. The molecule has 9 heteroatoms. The fourth-order valence-corrected chi connectivity index (χ4v) is 1.80. The van der Waals surface area contributed by atoms with E-state index in [0.717, 1.165) is 12.3 Å². The molecule has 2 amide bonds. The molecule has 1 rings (SSSR count). The molecule has 0 aliphatic carbocycles. The second-order valence-corrected chi connectivity index (χ2v) is 4.42. The number of nitro groups is 1. The first-order valence-electron chi connectivity index (χ1n) is 6.26. The third kappa shape index (κ3) is 4.38. The van der Waals surface area contributed by atoms with Crippen LogP contribution in [-0.4, -0.2) is 46.3 Å². The predicted octanol–water partition coefficient (Wildman–Crippen LogP) is 1.24. The van der Waals surface area contributed by atoms with Gasteiger partial charge in [-0.25, -0.2) is 4.98 Å². The number of nitrogens with zero attached hydrogens (tertiary/aromatic N) is 3. The number of carbonyl (C=O) groups excluding carboxylic acids is 2. The van der Waals surface area contributed by atoms with E-state index in [-0.39, 0.29) is 35.4 Å². The molecule has 114 valence electrons. The molecule has 1 heterocycles. The molecule has 0 aliphatic heterocycles. The van der Waals surface area contributed by atoms with Gasteiger partial charge in [0, 0.05) is 19.2 Å². The second-order valence-electron chi connectivity index (χ2n) is 4.06. The minimum atomic E-state index is -0.666. The number of nitrogens with one attached hydrogen (secondary N) is 1. The summed E-state index contributed by atoms with van der Waals surface area (Å²) in [5.74, 6) is -0.896. The number of carbonyl (C=O) groups is 2. The molecule has 0 atom stereocenters. The molecule has 0 saturated heterocycles. The maximum Gasteiger partial charge on any atom is 0.288 e. The van der Waals surface area contributed by atoms with Crippen LogP contribution in [0, 0.1) is 10.1 Å². The SMILES string of the molecule is CCNC(=O)CN(CC)C(=O)c1cc([N+](=O)[O-])cnc1Cl. The number of rotatable bonds is 6. The number of hydrogen-bond acceptors (Lipinski definition) is 5. The quantitative estimate of drug-likeness (QED) is 0.483. The van der Waals surface area contributed by atoms with Crippen LogP contribution in [0.3, 0.4) is 0 Å². The third-order valence-electron chi connectivity index (χ3n) is 2.64. The molecule has 0 aliphatic rings. The van der Waals surface area contributed by atoms with Gasteiger partial charge in [0.05, 0.1) is 17.0 Å². The maximum absolute atomic E-state index is 12.3. The van der Waals surface area contributed by atoms with Crippen LogP contribution in [0.4, 0.5) is 5.69 Å². The minimum absolute atomic E-state index is 0.1000. The zero-order chi connectivity index (χ0) is 16.0. The van der Waals surface area contributed by atoms with E-state index >= 15 is 0 Å². The highest BCUT2D eigenvalue weighted by atomic mass is 35.5. The van der Waals surface area contributed by atoms with E-state index in [4.69, 9.17) is 11.6 Å². The van der Waals surface area contributed by atoms with Crippen molar-refractivity contribution in [3.8, 4) is 0 Å². The van der Waals surface area contributed by atoms with Gasteiger partial charge in [-0.3, -0.25) is 19.7 Å². The van der Waals surface area contributed by atoms with Gasteiger partial charge >= 0.3 is 0 Å². The predicted molar refractivity (Wildman–Crippen MR) is 76.2 cm³/mol. The van der Waals surface area contributed by atoms with Gasteiger partial charge < -0.3 is 10.2 Å². The van der Waals surface area contributed by atoms with Crippen LogP contribution >= 0.6 is 11.6 Å². The van der Waals surface area contributed by atoms with Crippen LogP contribution in [-0.2, 0) is 4.79 Å². The molecule has 0 spiro atoms. The van der Waals surface area contributed by atoms with Gasteiger partial charge in [0.2, 0.25) is 5.91 Å². The van der Waals surface area contributed by atoms with Crippen LogP contribution < -0.4 is 5.32 Å². The van der Waals surface area contributed by atoms with Gasteiger partial charge in [-0.15, -0.1) is 0 Å². The van der Waals surface area contributed by atoms with E-state index in [1.807, 2.05) is 0 Å². The molecule has 0 aromatic carbocycles. The van der Waals surface area contributed by atoms with E-state index < -0.39 is 10.8 Å². The highest BCUT2D eigenvalue weighted by Gasteiger charge is 2.22. The van der Waals surface area contributed by atoms with Crippen LogP contribution in [0.2, 0.25) is 5.15 Å². The molecule has 8 nitrogen and oxygen atoms in total. The third-order valence-corrected chi connectivity index (χ3v) is 2.94. The molecule has 1 aromatic rings. The summed E-state index contributed by atoms with van der Waals surface area (Å²) in [5.41, 5.74) is -0.436. The van der Waals surface area contributed by atoms with Crippen molar-refractivity contribution >= 4 is 29.1 Å². The molecule has 0 unspecified atom stereocenters. The molecule has 0 radical (unpaired) electrons. The van der Waals surface area contributed by atoms with Crippen molar-refractivity contribution in [2.75, 3.05) is 19.6 Å². The van der Waals surface area contributed by atoms with Crippen LogP contribution in [0.1, 0.15) is 24.2 Å². The summed E-state index contributed by atoms with van der Waals surface area (Å²) in [4.78, 5) is 38.8. The van der Waals surface area contributed by atoms with Crippen molar-refractivity contribution in [2.24, 2.45) is 0 Å². The molecular formula is C12H15ClN4O4. The number of pyridine rings is 1. The average Bonchev–Trinajstić information content (AvgIpc) is 2.44. The zero-order valence-corrected chi connectivity index (χ0v) is 12.4. The highest BCUT2D eigenvalue weighted by molar-refractivity contribution is 6.32. The second kappa shape index (κ2) is 7.53. The Morgan fingerprint density at radius 3 is 2.67 bits per heavy atom. The van der Waals surface area contributed by atoms with Gasteiger partial charge in [0.15, 0.2) is 0 Å². The largest absolute Gasteiger partial charge is 0.355 e. The van der Waals surface area contributed by atoms with Crippen molar-refractivity contribution in [3.05, 3.63) is 33.1 Å². The summed E-state index contributed by atoms with van der Waals surface area (Å²) in [5, 5.41) is 13.2. The van der Waals surface area contributed by atoms with Gasteiger partial charge in [0.1, 0.15) is 11.3 Å². The Balaban J connectivity index is 3.02. The molecule has 1 N–H and O–H groups in total. The summed E-state index contributed by atoms with van der Waals surface area (Å²) >= 11 is 5.81. The van der Waals surface area contributed by atoms with Gasteiger partial charge in [-0.2, -0.15) is 0 Å². The molecule has 21 heavy (non-hydrogen) atoms. The Hall–Kier alpha value is -2.22. The lowest BCUT2D eigenvalue weighted by Gasteiger charge is -2.20. The summed E-state index contributed by atoms with van der Waals surface area (Å²) in [7, 11) is 0. The normalized spacial score (nSPS) is 10.0. The Morgan fingerprint density at radius 2 is 2.14 bits per heavy atom. The lowest BCUT2D eigenvalue weighted by atomic mass is 10.2. The van der Waals surface area contributed by atoms with Gasteiger partial charge in [-0.05, 0) is 13.8 Å². The molecule has 0 bridgehead atoms. The van der Waals surface area contributed by atoms with Gasteiger partial charge in [0.25, 0.3) is 11.6 Å². The molecule has 0 saturated carbocycles. The van der Waals surface area contributed by atoms with Gasteiger partial charge in [-0.1, -0.05) is 11.6 Å². The smallest absolute Gasteiger partial charge is 0.288 e. The summed E-state index contributed by atoms with van der Waals surface area (Å²) in [6, 6.07) is 1.05. The number of halogens is 1. The van der Waals surface area contributed by atoms with Crippen LogP contribution in [0.15, 0.2) is 12.3 Å². The standard InChI is InChI=1S/C12H15ClN4O4/c1-3-14-10(18)7-16(4-2)12(19)9-5-8(17(20)21)6-15-11(9)13/h5-6H,3-4,7H2,1-2H3,(H,14,18). The molecular weight excluding hydrogens is 300 g/mol. The number of hydrogen-bond donors (Lipinski definition) is 1. The lowest BCUT2D eigenvalue weighted by molar-refractivity contribution is -0.385. The van der Waals surface area contributed by atoms with E-state index in [1.165, 1.54) is 4.90 Å². The number of likely N-dealkylation sites (N-methyl/N-ethyl adjacent to an activating group) is 2. The number of aromatic nitrogens is 1. The first kappa shape index (κ1) is 16.8. The van der Waals surface area contributed by atoms with E-state index in [0.29, 0.717) is 6.54 Å². The first-order chi connectivity index (χ1) is 9.90. The van der Waals surface area contributed by atoms with Crippen molar-refractivity contribution in [2.45, 2.75) is 13.8 Å². The van der Waals surface area contributed by atoms with E-state index in [1.54, 1.807) is 13.8 Å². The minimum Gasteiger partial charge on any atom is -0.355 e. The Bertz CT molecular complexity index is 564.